The van der Waals surface area contributed by atoms with Gasteiger partial charge < -0.3 is 19.6 Å². The van der Waals surface area contributed by atoms with Crippen LogP contribution in [0, 0.1) is 10.1 Å². The summed E-state index contributed by atoms with van der Waals surface area (Å²) in [7, 11) is 0.844. The molecule has 1 rings (SSSR count). The van der Waals surface area contributed by atoms with E-state index in [4.69, 9.17) is 0 Å². The number of methoxy groups -OCH3 is 1. The van der Waals surface area contributed by atoms with Gasteiger partial charge in [-0.2, -0.15) is 13.2 Å². The van der Waals surface area contributed by atoms with Crippen LogP contribution in [0.15, 0.2) is 6.07 Å². The van der Waals surface area contributed by atoms with Crippen LogP contribution in [0.2, 0.25) is 0 Å². The maximum Gasteiger partial charge on any atom is 0.573 e. The molecule has 0 aliphatic rings. The first-order valence-electron chi connectivity index (χ1n) is 4.52. The van der Waals surface area contributed by atoms with Crippen molar-refractivity contribution >= 4 is 5.82 Å². The van der Waals surface area contributed by atoms with Crippen LogP contribution in [0.3, 0.4) is 0 Å². The number of hydrogen-bond donors (Lipinski definition) is 0. The summed E-state index contributed by atoms with van der Waals surface area (Å²) in [6.45, 7) is 0. The highest BCUT2D eigenvalue weighted by atomic mass is 19.4. The number of halogens is 6. The molecule has 0 atom stereocenters. The molecule has 1 aromatic rings. The van der Waals surface area contributed by atoms with Crippen LogP contribution in [-0.2, 0) is 6.18 Å². The van der Waals surface area contributed by atoms with Gasteiger partial charge in [-0.15, -0.1) is 13.2 Å². The summed E-state index contributed by atoms with van der Waals surface area (Å²) in [5.41, 5.74) is -2.02. The number of hydrogen-bond acceptors (Lipinski definition) is 5. The van der Waals surface area contributed by atoms with Crippen molar-refractivity contribution in [3.05, 3.63) is 21.7 Å². The third-order valence-electron chi connectivity index (χ3n) is 1.84. The van der Waals surface area contributed by atoms with E-state index < -0.39 is 40.5 Å². The molecule has 12 heteroatoms. The standard InChI is InChI=1S/C8H4F6N2O4/c1-19-4-2-3(7(9,10)11)5(20-8(12,13)14)6(15-4)16(17)18/h2H,1H3. The van der Waals surface area contributed by atoms with E-state index in [2.05, 4.69) is 14.5 Å². The first-order chi connectivity index (χ1) is 8.95. The van der Waals surface area contributed by atoms with E-state index in [-0.39, 0.29) is 6.07 Å². The number of rotatable bonds is 3. The normalized spacial score (nSPS) is 12.2. The molecule has 0 saturated heterocycles. The third-order valence-corrected chi connectivity index (χ3v) is 1.84. The van der Waals surface area contributed by atoms with Crippen LogP contribution < -0.4 is 9.47 Å². The molecule has 0 spiro atoms. The molecule has 1 heterocycles. The minimum atomic E-state index is -5.55. The van der Waals surface area contributed by atoms with Crippen molar-refractivity contribution < 1.29 is 40.7 Å². The second-order valence-corrected chi connectivity index (χ2v) is 3.17. The van der Waals surface area contributed by atoms with Crippen molar-refractivity contribution in [2.24, 2.45) is 0 Å². The zero-order valence-corrected chi connectivity index (χ0v) is 9.37. The van der Waals surface area contributed by atoms with Gasteiger partial charge in [0.15, 0.2) is 0 Å². The van der Waals surface area contributed by atoms with Crippen LogP contribution in [0.5, 0.6) is 11.6 Å². The monoisotopic (exact) mass is 306 g/mol. The highest BCUT2D eigenvalue weighted by molar-refractivity contribution is 5.50. The lowest BCUT2D eigenvalue weighted by molar-refractivity contribution is -0.393. The van der Waals surface area contributed by atoms with Gasteiger partial charge in [0.25, 0.3) is 0 Å². The summed E-state index contributed by atoms with van der Waals surface area (Å²) < 4.78 is 81.4. The lowest BCUT2D eigenvalue weighted by atomic mass is 10.2. The Bertz CT molecular complexity index is 527. The van der Waals surface area contributed by atoms with Crippen molar-refractivity contribution in [1.29, 1.82) is 0 Å². The largest absolute Gasteiger partial charge is 0.573 e. The highest BCUT2D eigenvalue weighted by Gasteiger charge is 2.45. The van der Waals surface area contributed by atoms with Crippen molar-refractivity contribution in [2.45, 2.75) is 12.5 Å². The number of pyridine rings is 1. The third kappa shape index (κ3) is 3.61. The smallest absolute Gasteiger partial charge is 0.463 e. The van der Waals surface area contributed by atoms with Gasteiger partial charge in [-0.3, -0.25) is 0 Å². The predicted octanol–water partition coefficient (Wildman–Crippen LogP) is 2.92. The molecule has 0 bridgehead atoms. The van der Waals surface area contributed by atoms with Gasteiger partial charge in [0, 0.05) is 11.1 Å². The Labute approximate surface area is 106 Å². The second kappa shape index (κ2) is 5.02. The number of alkyl halides is 6. The number of aromatic nitrogens is 1. The number of ether oxygens (including phenoxy) is 2. The molecule has 0 amide bonds. The average molecular weight is 306 g/mol. The molecule has 112 valence electrons. The Morgan fingerprint density at radius 1 is 1.25 bits per heavy atom. The van der Waals surface area contributed by atoms with E-state index in [1.54, 1.807) is 0 Å². The van der Waals surface area contributed by atoms with E-state index in [0.29, 0.717) is 0 Å². The van der Waals surface area contributed by atoms with Gasteiger partial charge in [-0.25, -0.2) is 0 Å². The second-order valence-electron chi connectivity index (χ2n) is 3.17. The Morgan fingerprint density at radius 2 is 1.80 bits per heavy atom. The molecule has 0 radical (unpaired) electrons. The molecule has 0 N–H and O–H groups in total. The molecule has 0 aliphatic carbocycles. The maximum absolute atomic E-state index is 12.6. The fraction of sp³-hybridized carbons (Fsp3) is 0.375. The quantitative estimate of drug-likeness (QED) is 0.487. The zero-order valence-electron chi connectivity index (χ0n) is 9.37. The Kier molecular flexibility index (Phi) is 3.96. The molecular formula is C8H4F6N2O4. The number of nitro groups is 1. The van der Waals surface area contributed by atoms with Gasteiger partial charge in [0.1, 0.15) is 5.56 Å². The summed E-state index contributed by atoms with van der Waals surface area (Å²) in [5.74, 6) is -4.68. The minimum absolute atomic E-state index is 0.0636. The van der Waals surface area contributed by atoms with Crippen LogP contribution in [-0.4, -0.2) is 23.4 Å². The van der Waals surface area contributed by atoms with Crippen LogP contribution in [0.1, 0.15) is 5.56 Å². The van der Waals surface area contributed by atoms with Crippen LogP contribution in [0.4, 0.5) is 32.2 Å². The molecular weight excluding hydrogens is 302 g/mol. The zero-order chi connectivity index (χ0) is 15.7. The minimum Gasteiger partial charge on any atom is -0.463 e. The molecule has 0 unspecified atom stereocenters. The fourth-order valence-corrected chi connectivity index (χ4v) is 1.15. The molecule has 1 aromatic heterocycles. The molecule has 6 nitrogen and oxygen atoms in total. The summed E-state index contributed by atoms with van der Waals surface area (Å²) >= 11 is 0. The van der Waals surface area contributed by atoms with E-state index in [9.17, 15) is 36.5 Å². The fourth-order valence-electron chi connectivity index (χ4n) is 1.15. The van der Waals surface area contributed by atoms with E-state index in [1.807, 2.05) is 0 Å². The van der Waals surface area contributed by atoms with Gasteiger partial charge in [-0.1, -0.05) is 0 Å². The van der Waals surface area contributed by atoms with Crippen molar-refractivity contribution in [2.75, 3.05) is 7.11 Å². The van der Waals surface area contributed by atoms with E-state index in [1.165, 1.54) is 0 Å². The first-order valence-corrected chi connectivity index (χ1v) is 4.52. The molecule has 0 saturated carbocycles. The molecule has 20 heavy (non-hydrogen) atoms. The summed E-state index contributed by atoms with van der Waals surface area (Å²) in [6, 6.07) is 0.0636. The SMILES string of the molecule is COc1cc(C(F)(F)F)c(OC(F)(F)F)c([N+](=O)[O-])n1. The van der Waals surface area contributed by atoms with Crippen molar-refractivity contribution in [3.8, 4) is 11.6 Å². The topological polar surface area (TPSA) is 74.5 Å². The van der Waals surface area contributed by atoms with E-state index in [0.717, 1.165) is 7.11 Å². The molecule has 0 fully saturated rings. The summed E-state index contributed by atoms with van der Waals surface area (Å²) in [5, 5.41) is 10.5. The summed E-state index contributed by atoms with van der Waals surface area (Å²) in [4.78, 5) is 11.9. The molecule has 0 aromatic carbocycles. The van der Waals surface area contributed by atoms with Crippen molar-refractivity contribution in [3.63, 3.8) is 0 Å². The average Bonchev–Trinajstić information content (AvgIpc) is 2.25. The van der Waals surface area contributed by atoms with Gasteiger partial charge >= 0.3 is 24.2 Å². The Morgan fingerprint density at radius 3 is 2.15 bits per heavy atom. The van der Waals surface area contributed by atoms with Crippen LogP contribution >= 0.6 is 0 Å². The lowest BCUT2D eigenvalue weighted by Crippen LogP contribution is -2.21. The Balaban J connectivity index is 3.61. The summed E-state index contributed by atoms with van der Waals surface area (Å²) in [6.07, 6.45) is -10.9. The maximum atomic E-state index is 12.6. The van der Waals surface area contributed by atoms with Gasteiger partial charge in [0.2, 0.25) is 5.75 Å². The highest BCUT2D eigenvalue weighted by Crippen LogP contribution is 2.44. The van der Waals surface area contributed by atoms with Crippen LogP contribution in [0.25, 0.3) is 0 Å². The molecule has 0 aliphatic heterocycles. The lowest BCUT2D eigenvalue weighted by Gasteiger charge is -2.14. The Hall–Kier alpha value is -2.27. The van der Waals surface area contributed by atoms with Gasteiger partial charge in [0.05, 0.1) is 7.11 Å². The van der Waals surface area contributed by atoms with Gasteiger partial charge in [-0.05, 0) is 4.92 Å². The van der Waals surface area contributed by atoms with E-state index >= 15 is 0 Å². The predicted molar refractivity (Wildman–Crippen MR) is 49.1 cm³/mol. The number of nitrogens with zero attached hydrogens (tertiary/aromatic N) is 2. The van der Waals surface area contributed by atoms with Crippen molar-refractivity contribution in [1.82, 2.24) is 4.98 Å². The first kappa shape index (κ1) is 15.8.